The maximum absolute atomic E-state index is 14.6. The number of nitrogens with zero attached hydrogens (tertiary/aromatic N) is 6. The fourth-order valence-electron chi connectivity index (χ4n) is 9.76. The van der Waals surface area contributed by atoms with Gasteiger partial charge in [-0.3, -0.25) is 34.1 Å². The Hall–Kier alpha value is -6.00. The lowest BCUT2D eigenvalue weighted by atomic mass is 9.85. The zero-order chi connectivity index (χ0) is 56.2. The fraction of sp³-hybridized carbons (Fsp3) is 0.439. The number of thiophene rings is 1. The molecule has 78 heavy (non-hydrogen) atoms. The van der Waals surface area contributed by atoms with Gasteiger partial charge in [0, 0.05) is 60.4 Å². The second kappa shape index (κ2) is 24.6. The van der Waals surface area contributed by atoms with E-state index < -0.39 is 0 Å². The van der Waals surface area contributed by atoms with Gasteiger partial charge in [-0.2, -0.15) is 11.3 Å². The maximum Gasteiger partial charge on any atom is 0.258 e. The average molecular weight is 1150 g/mol. The number of hydrogen-bond acceptors (Lipinski definition) is 15. The van der Waals surface area contributed by atoms with Crippen molar-refractivity contribution in [2.24, 2.45) is 22.7 Å². The topological polar surface area (TPSA) is 184 Å². The largest absolute Gasteiger partial charge is 0.496 e. The number of anilines is 2. The Morgan fingerprint density at radius 2 is 1.22 bits per heavy atom. The van der Waals surface area contributed by atoms with Crippen LogP contribution in [0.15, 0.2) is 96.5 Å². The number of rotatable bonds is 15. The van der Waals surface area contributed by atoms with Crippen molar-refractivity contribution in [3.63, 3.8) is 0 Å². The van der Waals surface area contributed by atoms with Gasteiger partial charge in [-0.05, 0) is 109 Å². The molecule has 3 aromatic heterocycles. The van der Waals surface area contributed by atoms with Crippen molar-refractivity contribution < 1.29 is 38.2 Å². The number of benzene rings is 2. The molecule has 414 valence electrons. The van der Waals surface area contributed by atoms with Crippen LogP contribution in [0.4, 0.5) is 10.3 Å². The number of carbonyl (C=O) groups is 6. The second-order valence-electron chi connectivity index (χ2n) is 21.9. The Kier molecular flexibility index (Phi) is 18.3. The molecular weight excluding hydrogens is 1090 g/mol. The minimum atomic E-state index is -0.382. The zero-order valence-corrected chi connectivity index (χ0v) is 49.9. The second-order valence-corrected chi connectivity index (χ2v) is 27.4. The van der Waals surface area contributed by atoms with Crippen LogP contribution in [0.3, 0.4) is 0 Å². The predicted molar refractivity (Wildman–Crippen MR) is 311 cm³/mol. The summed E-state index contributed by atoms with van der Waals surface area (Å²) < 4.78 is 13.2. The van der Waals surface area contributed by atoms with E-state index in [1.54, 1.807) is 44.1 Å². The first-order chi connectivity index (χ1) is 37.1. The molecule has 2 aromatic carbocycles. The molecule has 1 saturated carbocycles. The predicted octanol–water partition coefficient (Wildman–Crippen LogP) is 11.0. The molecule has 1 aliphatic carbocycles. The van der Waals surface area contributed by atoms with Crippen LogP contribution in [-0.4, -0.2) is 131 Å². The van der Waals surface area contributed by atoms with E-state index in [1.165, 1.54) is 63.6 Å². The first-order valence-electron chi connectivity index (χ1n) is 25.9. The first-order valence-corrected chi connectivity index (χ1v) is 30.1. The third-order valence-corrected chi connectivity index (χ3v) is 19.3. The molecule has 5 heterocycles. The van der Waals surface area contributed by atoms with Crippen molar-refractivity contribution >= 4 is 103 Å². The summed E-state index contributed by atoms with van der Waals surface area (Å²) in [6.45, 7) is 22.7. The molecule has 3 fully saturated rings. The lowest BCUT2D eigenvalue weighted by molar-refractivity contribution is -0.131. The summed E-state index contributed by atoms with van der Waals surface area (Å²) in [6, 6.07) is 8.68. The van der Waals surface area contributed by atoms with E-state index in [0.29, 0.717) is 97.0 Å². The molecule has 8 rings (SSSR count). The lowest BCUT2D eigenvalue weighted by Gasteiger charge is -2.40. The fourth-order valence-corrected chi connectivity index (χ4v) is 14.3. The highest BCUT2D eigenvalue weighted by Crippen LogP contribution is 2.44. The number of nitrogens with one attached hydrogen (secondary N) is 2. The van der Waals surface area contributed by atoms with E-state index in [-0.39, 0.29) is 70.2 Å². The Balaban J connectivity index is 0.875. The molecule has 2 aliphatic heterocycles. The van der Waals surface area contributed by atoms with Gasteiger partial charge in [0.05, 0.1) is 63.8 Å². The summed E-state index contributed by atoms with van der Waals surface area (Å²) >= 11 is 7.06. The number of hydrogen-bond donors (Lipinski definition) is 2. The number of methoxy groups -OCH3 is 2. The van der Waals surface area contributed by atoms with Crippen LogP contribution in [0.1, 0.15) is 103 Å². The average Bonchev–Trinajstić information content (AvgIpc) is 3.71. The molecule has 6 amide bonds. The van der Waals surface area contributed by atoms with Gasteiger partial charge >= 0.3 is 0 Å². The molecule has 2 N–H and O–H groups in total. The summed E-state index contributed by atoms with van der Waals surface area (Å²) in [5.41, 5.74) is 2.59. The minimum absolute atomic E-state index is 0.116. The number of thiazole rings is 2. The van der Waals surface area contributed by atoms with Crippen molar-refractivity contribution in [3.8, 4) is 11.5 Å². The van der Waals surface area contributed by atoms with Gasteiger partial charge < -0.3 is 34.4 Å². The Bertz CT molecular complexity index is 3100. The molecule has 21 heteroatoms. The van der Waals surface area contributed by atoms with Gasteiger partial charge in [0.15, 0.2) is 10.3 Å². The first kappa shape index (κ1) is 58.2. The number of amides is 6. The summed E-state index contributed by atoms with van der Waals surface area (Å²) in [5, 5.41) is 10.4. The molecule has 16 nitrogen and oxygen atoms in total. The molecule has 2 unspecified atom stereocenters. The highest BCUT2D eigenvalue weighted by Gasteiger charge is 2.43. The van der Waals surface area contributed by atoms with Crippen LogP contribution < -0.4 is 20.1 Å². The van der Waals surface area contributed by atoms with Crippen molar-refractivity contribution in [2.45, 2.75) is 105 Å². The van der Waals surface area contributed by atoms with E-state index in [4.69, 9.17) is 9.47 Å². The normalized spacial score (nSPS) is 19.0. The molecule has 3 aliphatic rings. The maximum atomic E-state index is 14.6. The monoisotopic (exact) mass is 1150 g/mol. The zero-order valence-electron chi connectivity index (χ0n) is 45.8. The smallest absolute Gasteiger partial charge is 0.258 e. The SMILES string of the molecule is C=CC(=O)N1CCCN(C(=O)c2cc(Sc3cnc(NC(=O)C4CC4/C=C\C(=O)N4CCCN(C(=O)c5cc(Sc6cnc(NC(=O)c7ccsc7)s6)c(C)cc5OC)C[C@H]4C(C)(C)C)s3)c(C)cc2OC)C[C@H]1C(C)(C)C. The van der Waals surface area contributed by atoms with E-state index in [9.17, 15) is 28.8 Å². The summed E-state index contributed by atoms with van der Waals surface area (Å²) in [7, 11) is 3.10. The quantitative estimate of drug-likeness (QED) is 0.0947. The molecule has 5 aromatic rings. The van der Waals surface area contributed by atoms with Crippen molar-refractivity contribution in [3.05, 3.63) is 106 Å². The van der Waals surface area contributed by atoms with Crippen LogP contribution in [0, 0.1) is 36.5 Å². The van der Waals surface area contributed by atoms with Gasteiger partial charge in [-0.15, -0.1) is 0 Å². The van der Waals surface area contributed by atoms with Gasteiger partial charge in [-0.1, -0.05) is 100 Å². The summed E-state index contributed by atoms with van der Waals surface area (Å²) in [6.07, 6.45) is 9.98. The number of aromatic nitrogens is 2. The van der Waals surface area contributed by atoms with Crippen molar-refractivity contribution in [1.29, 1.82) is 0 Å². The molecule has 2 saturated heterocycles. The van der Waals surface area contributed by atoms with E-state index in [0.717, 1.165) is 29.3 Å². The third-order valence-electron chi connectivity index (χ3n) is 14.2. The highest BCUT2D eigenvalue weighted by atomic mass is 32.2. The minimum Gasteiger partial charge on any atom is -0.496 e. The Morgan fingerprint density at radius 3 is 1.68 bits per heavy atom. The van der Waals surface area contributed by atoms with E-state index >= 15 is 0 Å². The molecule has 0 spiro atoms. The van der Waals surface area contributed by atoms with E-state index in [2.05, 4.69) is 68.7 Å². The van der Waals surface area contributed by atoms with Crippen LogP contribution in [0.5, 0.6) is 11.5 Å². The van der Waals surface area contributed by atoms with Gasteiger partial charge in [0.2, 0.25) is 17.7 Å². The molecule has 4 atom stereocenters. The van der Waals surface area contributed by atoms with Crippen LogP contribution >= 0.6 is 57.5 Å². The highest BCUT2D eigenvalue weighted by molar-refractivity contribution is 8.01. The van der Waals surface area contributed by atoms with Gasteiger partial charge in [0.25, 0.3) is 17.7 Å². The molecule has 0 radical (unpaired) electrons. The molecular formula is C57H68N8O8S5. The number of carbonyl (C=O) groups excluding carboxylic acids is 6. The lowest BCUT2D eigenvalue weighted by Crippen LogP contribution is -2.51. The van der Waals surface area contributed by atoms with Crippen LogP contribution in [0.2, 0.25) is 0 Å². The van der Waals surface area contributed by atoms with Gasteiger partial charge in [-0.25, -0.2) is 9.97 Å². The van der Waals surface area contributed by atoms with E-state index in [1.807, 2.05) is 69.2 Å². The standard InChI is InChI=1S/C57H68N8O8S5/c1-12-46(66)64-20-13-18-62(30-44(64)56(4,5)6)52(70)38-26-43(34(3)24-40(38)72-10)76-49-29-59-55(78-49)61-51(69)37-25-35(37)15-16-47(67)65-21-14-19-63(31-45(65)57(7,8)9)53(71)39-27-42(33(2)23-41(39)73-11)75-48-28-58-54(77-48)60-50(68)36-17-22-74-32-36/h12,15-17,22-24,26-29,32,35,37,44-45H,1,13-14,18-21,25,30-31H2,2-11H3,(H,58,60,68)(H,59,61,69)/b16-15-/t35?,37?,44-,45-/m0/s1. The summed E-state index contributed by atoms with van der Waals surface area (Å²) in [5.74, 6) is -0.557. The van der Waals surface area contributed by atoms with Crippen LogP contribution in [-0.2, 0) is 14.4 Å². The number of ether oxygens (including phenoxy) is 2. The van der Waals surface area contributed by atoms with Crippen molar-refractivity contribution in [1.82, 2.24) is 29.6 Å². The van der Waals surface area contributed by atoms with Crippen LogP contribution in [0.25, 0.3) is 0 Å². The van der Waals surface area contributed by atoms with Gasteiger partial charge in [0.1, 0.15) is 11.5 Å². The summed E-state index contributed by atoms with van der Waals surface area (Å²) in [4.78, 5) is 100. The number of aryl methyl sites for hydroxylation is 2. The number of allylic oxidation sites excluding steroid dienone is 1. The third kappa shape index (κ3) is 13.7. The Morgan fingerprint density at radius 1 is 0.718 bits per heavy atom. The molecule has 0 bridgehead atoms. The van der Waals surface area contributed by atoms with Crippen molar-refractivity contribution in [2.75, 3.05) is 64.1 Å². The Labute approximate surface area is 477 Å².